The van der Waals surface area contributed by atoms with Gasteiger partial charge in [0.25, 0.3) is 0 Å². The lowest BCUT2D eigenvalue weighted by Gasteiger charge is -2.28. The third kappa shape index (κ3) is 2.49. The fourth-order valence-corrected chi connectivity index (χ4v) is 4.48. The number of fused-ring (bicyclic) bond motifs is 1. The lowest BCUT2D eigenvalue weighted by Crippen LogP contribution is -2.23. The molecule has 2 unspecified atom stereocenters. The molecule has 2 heterocycles. The van der Waals surface area contributed by atoms with Crippen molar-refractivity contribution >= 4 is 27.3 Å². The molecule has 1 aliphatic carbocycles. The second-order valence-corrected chi connectivity index (χ2v) is 7.58. The predicted octanol–water partition coefficient (Wildman–Crippen LogP) is 4.33. The number of aryl methyl sites for hydroxylation is 2. The van der Waals surface area contributed by atoms with Crippen molar-refractivity contribution < 1.29 is 0 Å². The van der Waals surface area contributed by atoms with Gasteiger partial charge in [-0.2, -0.15) is 0 Å². The van der Waals surface area contributed by atoms with Crippen molar-refractivity contribution in [1.82, 2.24) is 4.98 Å². The van der Waals surface area contributed by atoms with Crippen LogP contribution in [0.25, 0.3) is 0 Å². The van der Waals surface area contributed by atoms with Crippen LogP contribution in [0, 0.1) is 6.92 Å². The van der Waals surface area contributed by atoms with Gasteiger partial charge in [0.15, 0.2) is 0 Å². The van der Waals surface area contributed by atoms with Gasteiger partial charge in [-0.25, -0.2) is 0 Å². The number of thiophene rings is 1. The Hall–Kier alpha value is -0.710. The Balaban J connectivity index is 1.95. The Morgan fingerprint density at radius 3 is 3.11 bits per heavy atom. The number of pyridine rings is 1. The molecule has 0 spiro atoms. The van der Waals surface area contributed by atoms with Crippen molar-refractivity contribution in [2.45, 2.75) is 38.1 Å². The molecular weight excluding hydrogens is 320 g/mol. The van der Waals surface area contributed by atoms with Crippen LogP contribution >= 0.6 is 27.3 Å². The van der Waals surface area contributed by atoms with E-state index < -0.39 is 0 Å². The quantitative estimate of drug-likeness (QED) is 0.886. The van der Waals surface area contributed by atoms with E-state index in [-0.39, 0.29) is 6.04 Å². The number of hydrogen-bond donors (Lipinski definition) is 1. The molecule has 19 heavy (non-hydrogen) atoms. The molecule has 0 radical (unpaired) electrons. The molecule has 0 aromatic carbocycles. The molecule has 0 bridgehead atoms. The summed E-state index contributed by atoms with van der Waals surface area (Å²) in [6.07, 6.45) is 5.38. The fourth-order valence-electron chi connectivity index (χ4n) is 2.84. The van der Waals surface area contributed by atoms with Crippen LogP contribution in [0.15, 0.2) is 28.2 Å². The van der Waals surface area contributed by atoms with Crippen LogP contribution in [0.4, 0.5) is 0 Å². The van der Waals surface area contributed by atoms with Crippen molar-refractivity contribution in [3.8, 4) is 0 Å². The Kier molecular flexibility index (Phi) is 3.74. The zero-order chi connectivity index (χ0) is 13.4. The van der Waals surface area contributed by atoms with Gasteiger partial charge >= 0.3 is 0 Å². The highest BCUT2D eigenvalue weighted by Gasteiger charge is 2.28. The molecule has 2 atom stereocenters. The molecule has 0 fully saturated rings. The smallest absolute Gasteiger partial charge is 0.0731 e. The summed E-state index contributed by atoms with van der Waals surface area (Å²) in [5.41, 5.74) is 10.4. The number of aromatic nitrogens is 1. The topological polar surface area (TPSA) is 38.9 Å². The van der Waals surface area contributed by atoms with Crippen molar-refractivity contribution in [3.63, 3.8) is 0 Å². The van der Waals surface area contributed by atoms with Gasteiger partial charge < -0.3 is 5.73 Å². The third-order valence-electron chi connectivity index (χ3n) is 3.88. The minimum Gasteiger partial charge on any atom is -0.323 e. The van der Waals surface area contributed by atoms with E-state index in [0.717, 1.165) is 12.8 Å². The van der Waals surface area contributed by atoms with Crippen LogP contribution in [0.5, 0.6) is 0 Å². The molecule has 0 saturated heterocycles. The predicted molar refractivity (Wildman–Crippen MR) is 83.6 cm³/mol. The van der Waals surface area contributed by atoms with Crippen molar-refractivity contribution in [3.05, 3.63) is 49.9 Å². The largest absolute Gasteiger partial charge is 0.323 e. The summed E-state index contributed by atoms with van der Waals surface area (Å²) < 4.78 is 1.19. The molecule has 0 aliphatic heterocycles. The number of halogens is 1. The summed E-state index contributed by atoms with van der Waals surface area (Å²) in [5, 5.41) is 0. The maximum atomic E-state index is 6.52. The van der Waals surface area contributed by atoms with E-state index in [1.807, 2.05) is 12.3 Å². The van der Waals surface area contributed by atoms with Crippen LogP contribution in [-0.4, -0.2) is 4.98 Å². The first kappa shape index (κ1) is 13.3. The average Bonchev–Trinajstić information content (AvgIpc) is 2.77. The number of hydrogen-bond acceptors (Lipinski definition) is 3. The van der Waals surface area contributed by atoms with Crippen LogP contribution in [-0.2, 0) is 6.42 Å². The van der Waals surface area contributed by atoms with Gasteiger partial charge in [-0.1, -0.05) is 6.07 Å². The highest BCUT2D eigenvalue weighted by atomic mass is 79.9. The average molecular weight is 337 g/mol. The van der Waals surface area contributed by atoms with Gasteiger partial charge in [0.1, 0.15) is 0 Å². The van der Waals surface area contributed by atoms with Gasteiger partial charge in [0.2, 0.25) is 0 Å². The van der Waals surface area contributed by atoms with E-state index in [4.69, 9.17) is 5.73 Å². The lowest BCUT2D eigenvalue weighted by atomic mass is 9.82. The van der Waals surface area contributed by atoms with E-state index in [2.05, 4.69) is 40.0 Å². The molecule has 0 saturated carbocycles. The molecular formula is C15H17BrN2S. The Labute approximate surface area is 126 Å². The minimum absolute atomic E-state index is 0.0592. The van der Waals surface area contributed by atoms with Gasteiger partial charge in [-0.05, 0) is 65.4 Å². The summed E-state index contributed by atoms with van der Waals surface area (Å²) in [5.74, 6) is 0.356. The molecule has 0 amide bonds. The molecule has 100 valence electrons. The summed E-state index contributed by atoms with van der Waals surface area (Å²) in [7, 11) is 0. The van der Waals surface area contributed by atoms with Crippen LogP contribution in [0.2, 0.25) is 0 Å². The maximum Gasteiger partial charge on any atom is 0.0731 e. The highest BCUT2D eigenvalue weighted by Crippen LogP contribution is 2.41. The summed E-state index contributed by atoms with van der Waals surface area (Å²) in [4.78, 5) is 5.85. The van der Waals surface area contributed by atoms with E-state index >= 15 is 0 Å². The van der Waals surface area contributed by atoms with Crippen molar-refractivity contribution in [2.75, 3.05) is 0 Å². The first-order chi connectivity index (χ1) is 9.16. The Morgan fingerprint density at radius 1 is 1.53 bits per heavy atom. The second kappa shape index (κ2) is 5.35. The SMILES string of the molecule is Cc1cc(C(N)C2CCCc3cccnc32)sc1Br. The number of nitrogens with zero attached hydrogens (tertiary/aromatic N) is 1. The molecule has 2 aromatic rings. The minimum atomic E-state index is 0.0592. The van der Waals surface area contributed by atoms with Gasteiger partial charge in [-0.15, -0.1) is 11.3 Å². The highest BCUT2D eigenvalue weighted by molar-refractivity contribution is 9.11. The second-order valence-electron chi connectivity index (χ2n) is 5.18. The number of nitrogens with two attached hydrogens (primary N) is 1. The summed E-state index contributed by atoms with van der Waals surface area (Å²) in [6, 6.07) is 6.48. The molecule has 3 rings (SSSR count). The monoisotopic (exact) mass is 336 g/mol. The van der Waals surface area contributed by atoms with E-state index in [9.17, 15) is 0 Å². The van der Waals surface area contributed by atoms with Gasteiger partial charge in [0.05, 0.1) is 3.79 Å². The van der Waals surface area contributed by atoms with Gasteiger partial charge in [-0.3, -0.25) is 4.98 Å². The van der Waals surface area contributed by atoms with E-state index in [1.54, 1.807) is 11.3 Å². The van der Waals surface area contributed by atoms with Crippen LogP contribution in [0.1, 0.15) is 46.5 Å². The van der Waals surface area contributed by atoms with E-state index in [0.29, 0.717) is 5.92 Å². The van der Waals surface area contributed by atoms with Gasteiger partial charge in [0, 0.05) is 28.7 Å². The Bertz CT molecular complexity index is 574. The Morgan fingerprint density at radius 2 is 2.37 bits per heavy atom. The normalized spacial score (nSPS) is 20.1. The standard InChI is InChI=1S/C15H17BrN2S/c1-9-8-12(19-15(9)16)13(17)11-6-2-4-10-5-3-7-18-14(10)11/h3,5,7-8,11,13H,2,4,6,17H2,1H3. The first-order valence-corrected chi connectivity index (χ1v) is 8.23. The molecule has 2 N–H and O–H groups in total. The van der Waals surface area contributed by atoms with Crippen LogP contribution in [0.3, 0.4) is 0 Å². The molecule has 2 aromatic heterocycles. The number of rotatable bonds is 2. The first-order valence-electron chi connectivity index (χ1n) is 6.62. The third-order valence-corrected chi connectivity index (χ3v) is 6.11. The molecule has 2 nitrogen and oxygen atoms in total. The zero-order valence-electron chi connectivity index (χ0n) is 10.9. The summed E-state index contributed by atoms with van der Waals surface area (Å²) >= 11 is 5.34. The summed E-state index contributed by atoms with van der Waals surface area (Å²) in [6.45, 7) is 2.11. The van der Waals surface area contributed by atoms with Crippen molar-refractivity contribution in [2.24, 2.45) is 5.73 Å². The van der Waals surface area contributed by atoms with Crippen molar-refractivity contribution in [1.29, 1.82) is 0 Å². The molecule has 4 heteroatoms. The fraction of sp³-hybridized carbons (Fsp3) is 0.400. The zero-order valence-corrected chi connectivity index (χ0v) is 13.3. The maximum absolute atomic E-state index is 6.52. The molecule has 1 aliphatic rings. The van der Waals surface area contributed by atoms with Crippen LogP contribution < -0.4 is 5.73 Å². The van der Waals surface area contributed by atoms with E-state index in [1.165, 1.54) is 31.9 Å². The lowest BCUT2D eigenvalue weighted by molar-refractivity contribution is 0.467.